The van der Waals surface area contributed by atoms with E-state index in [1.807, 2.05) is 24.3 Å². The molecule has 0 aromatic heterocycles. The minimum Gasteiger partial charge on any atom is -0.465 e. The lowest BCUT2D eigenvalue weighted by atomic mass is 10.0. The van der Waals surface area contributed by atoms with Crippen molar-refractivity contribution in [2.75, 3.05) is 13.2 Å². The van der Waals surface area contributed by atoms with Gasteiger partial charge in [-0.25, -0.2) is 0 Å². The van der Waals surface area contributed by atoms with Crippen LogP contribution < -0.4 is 0 Å². The van der Waals surface area contributed by atoms with Gasteiger partial charge in [0.05, 0.1) is 26.1 Å². The van der Waals surface area contributed by atoms with Crippen molar-refractivity contribution in [3.05, 3.63) is 35.4 Å². The second-order valence-corrected chi connectivity index (χ2v) is 5.98. The maximum Gasteiger partial charge on any atom is 0.310 e. The second kappa shape index (κ2) is 12.6. The molecule has 134 valence electrons. The van der Waals surface area contributed by atoms with Crippen molar-refractivity contribution in [1.82, 2.24) is 0 Å². The van der Waals surface area contributed by atoms with Crippen LogP contribution in [-0.4, -0.2) is 25.2 Å². The summed E-state index contributed by atoms with van der Waals surface area (Å²) in [5.74, 6) is -0.482. The molecule has 24 heavy (non-hydrogen) atoms. The van der Waals surface area contributed by atoms with Gasteiger partial charge in [-0.1, -0.05) is 63.8 Å². The summed E-state index contributed by atoms with van der Waals surface area (Å²) in [7, 11) is 0. The third kappa shape index (κ3) is 8.70. The van der Waals surface area contributed by atoms with Gasteiger partial charge in [-0.2, -0.15) is 0 Å². The molecule has 0 unspecified atom stereocenters. The van der Waals surface area contributed by atoms with Crippen LogP contribution in [-0.2, 0) is 31.9 Å². The maximum atomic E-state index is 11.9. The Balaban J connectivity index is 2.46. The topological polar surface area (TPSA) is 52.6 Å². The number of hydrogen-bond donors (Lipinski definition) is 0. The molecular weight excluding hydrogens is 304 g/mol. The van der Waals surface area contributed by atoms with Gasteiger partial charge in [-0.15, -0.1) is 0 Å². The van der Waals surface area contributed by atoms with Gasteiger partial charge in [0.15, 0.2) is 0 Å². The molecule has 0 bridgehead atoms. The van der Waals surface area contributed by atoms with Gasteiger partial charge in [-0.3, -0.25) is 9.59 Å². The second-order valence-electron chi connectivity index (χ2n) is 5.98. The van der Waals surface area contributed by atoms with E-state index in [2.05, 4.69) is 13.8 Å². The highest BCUT2D eigenvalue weighted by molar-refractivity contribution is 5.76. The summed E-state index contributed by atoms with van der Waals surface area (Å²) in [5, 5.41) is 0. The highest BCUT2D eigenvalue weighted by atomic mass is 16.5. The van der Waals surface area contributed by atoms with Crippen LogP contribution in [0, 0.1) is 0 Å². The van der Waals surface area contributed by atoms with Gasteiger partial charge in [0.2, 0.25) is 0 Å². The number of carbonyl (C=O) groups excluding carboxylic acids is 2. The summed E-state index contributed by atoms with van der Waals surface area (Å²) >= 11 is 0. The summed E-state index contributed by atoms with van der Waals surface area (Å²) in [6, 6.07) is 7.48. The molecule has 1 aromatic carbocycles. The molecule has 0 aliphatic rings. The predicted molar refractivity (Wildman–Crippen MR) is 94.8 cm³/mol. The Labute approximate surface area is 145 Å². The molecule has 0 N–H and O–H groups in total. The van der Waals surface area contributed by atoms with Crippen LogP contribution in [0.2, 0.25) is 0 Å². The summed E-state index contributed by atoms with van der Waals surface area (Å²) in [4.78, 5) is 23.8. The average molecular weight is 334 g/mol. The lowest BCUT2D eigenvalue weighted by Crippen LogP contribution is -2.14. The fourth-order valence-electron chi connectivity index (χ4n) is 2.39. The lowest BCUT2D eigenvalue weighted by molar-refractivity contribution is -0.144. The highest BCUT2D eigenvalue weighted by Crippen LogP contribution is 2.12. The van der Waals surface area contributed by atoms with E-state index in [9.17, 15) is 9.59 Å². The molecule has 0 fully saturated rings. The SMILES string of the molecule is CCCCCOC(=O)Cc1ccccc1CC(=O)OCCCCC. The number of rotatable bonds is 12. The van der Waals surface area contributed by atoms with Crippen molar-refractivity contribution in [3.8, 4) is 0 Å². The van der Waals surface area contributed by atoms with Crippen molar-refractivity contribution in [1.29, 1.82) is 0 Å². The van der Waals surface area contributed by atoms with Crippen molar-refractivity contribution in [3.63, 3.8) is 0 Å². The van der Waals surface area contributed by atoms with E-state index in [0.29, 0.717) is 13.2 Å². The van der Waals surface area contributed by atoms with Crippen LogP contribution in [0.25, 0.3) is 0 Å². The Kier molecular flexibility index (Phi) is 10.6. The standard InChI is InChI=1S/C20H30O4/c1-3-5-9-13-23-19(21)15-17-11-7-8-12-18(17)16-20(22)24-14-10-6-4-2/h7-8,11-12H,3-6,9-10,13-16H2,1-2H3. The highest BCUT2D eigenvalue weighted by Gasteiger charge is 2.12. The number of carbonyl (C=O) groups is 2. The van der Waals surface area contributed by atoms with Crippen molar-refractivity contribution in [2.45, 2.75) is 65.2 Å². The molecule has 0 heterocycles. The minimum absolute atomic E-state index is 0.200. The van der Waals surface area contributed by atoms with E-state index in [1.54, 1.807) is 0 Å². The zero-order chi connectivity index (χ0) is 17.6. The maximum absolute atomic E-state index is 11.9. The molecule has 0 amide bonds. The van der Waals surface area contributed by atoms with Gasteiger partial charge in [0.1, 0.15) is 0 Å². The number of esters is 2. The first-order chi connectivity index (χ1) is 11.7. The molecule has 0 aliphatic heterocycles. The van der Waals surface area contributed by atoms with E-state index >= 15 is 0 Å². The molecule has 4 heteroatoms. The van der Waals surface area contributed by atoms with Gasteiger partial charge < -0.3 is 9.47 Å². The quantitative estimate of drug-likeness (QED) is 0.424. The Bertz CT molecular complexity index is 451. The van der Waals surface area contributed by atoms with Crippen molar-refractivity contribution in [2.24, 2.45) is 0 Å². The Hall–Kier alpha value is -1.84. The summed E-state index contributed by atoms with van der Waals surface area (Å²) in [6.07, 6.45) is 6.52. The molecule has 0 radical (unpaired) electrons. The molecule has 0 spiro atoms. The van der Waals surface area contributed by atoms with Gasteiger partial charge in [0.25, 0.3) is 0 Å². The molecule has 0 saturated heterocycles. The molecular formula is C20H30O4. The number of unbranched alkanes of at least 4 members (excludes halogenated alkanes) is 4. The van der Waals surface area contributed by atoms with E-state index in [0.717, 1.165) is 49.7 Å². The van der Waals surface area contributed by atoms with Crippen LogP contribution in [0.3, 0.4) is 0 Å². The monoisotopic (exact) mass is 334 g/mol. The first kappa shape index (κ1) is 20.2. The molecule has 0 atom stereocenters. The molecule has 0 saturated carbocycles. The minimum atomic E-state index is -0.241. The Morgan fingerprint density at radius 1 is 0.750 bits per heavy atom. The third-order valence-electron chi connectivity index (χ3n) is 3.81. The molecule has 1 rings (SSSR count). The summed E-state index contributed by atoms with van der Waals surface area (Å²) in [6.45, 7) is 5.15. The lowest BCUT2D eigenvalue weighted by Gasteiger charge is -2.10. The Morgan fingerprint density at radius 2 is 1.17 bits per heavy atom. The van der Waals surface area contributed by atoms with Crippen LogP contribution in [0.4, 0.5) is 0 Å². The zero-order valence-corrected chi connectivity index (χ0v) is 15.0. The summed E-state index contributed by atoms with van der Waals surface area (Å²) in [5.41, 5.74) is 1.67. The van der Waals surface area contributed by atoms with E-state index < -0.39 is 0 Å². The van der Waals surface area contributed by atoms with Crippen LogP contribution in [0.5, 0.6) is 0 Å². The van der Waals surface area contributed by atoms with Crippen LogP contribution in [0.15, 0.2) is 24.3 Å². The number of hydrogen-bond acceptors (Lipinski definition) is 4. The average Bonchev–Trinajstić information content (AvgIpc) is 2.57. The fraction of sp³-hybridized carbons (Fsp3) is 0.600. The molecule has 4 nitrogen and oxygen atoms in total. The van der Waals surface area contributed by atoms with E-state index in [1.165, 1.54) is 0 Å². The first-order valence-corrected chi connectivity index (χ1v) is 9.05. The van der Waals surface area contributed by atoms with Crippen LogP contribution >= 0.6 is 0 Å². The number of ether oxygens (including phenoxy) is 2. The molecule has 0 aliphatic carbocycles. The molecule has 1 aromatic rings. The first-order valence-electron chi connectivity index (χ1n) is 9.05. The van der Waals surface area contributed by atoms with Gasteiger partial charge in [-0.05, 0) is 24.0 Å². The number of benzene rings is 1. The largest absolute Gasteiger partial charge is 0.465 e. The normalized spacial score (nSPS) is 10.4. The predicted octanol–water partition coefficient (Wildman–Crippen LogP) is 4.24. The van der Waals surface area contributed by atoms with Crippen molar-refractivity contribution >= 4 is 11.9 Å². The Morgan fingerprint density at radius 3 is 1.54 bits per heavy atom. The zero-order valence-electron chi connectivity index (χ0n) is 15.0. The van der Waals surface area contributed by atoms with E-state index in [-0.39, 0.29) is 24.8 Å². The smallest absolute Gasteiger partial charge is 0.310 e. The third-order valence-corrected chi connectivity index (χ3v) is 3.81. The summed E-state index contributed by atoms with van der Waals surface area (Å²) < 4.78 is 10.5. The van der Waals surface area contributed by atoms with Crippen LogP contribution in [0.1, 0.15) is 63.5 Å². The van der Waals surface area contributed by atoms with Gasteiger partial charge >= 0.3 is 11.9 Å². The van der Waals surface area contributed by atoms with Crippen molar-refractivity contribution < 1.29 is 19.1 Å². The fourth-order valence-corrected chi connectivity index (χ4v) is 2.39. The van der Waals surface area contributed by atoms with E-state index in [4.69, 9.17) is 9.47 Å². The van der Waals surface area contributed by atoms with Gasteiger partial charge in [0, 0.05) is 0 Å².